The molecular weight excluding hydrogens is 314 g/mol. The predicted octanol–water partition coefficient (Wildman–Crippen LogP) is 1.40. The van der Waals surface area contributed by atoms with Crippen molar-refractivity contribution in [2.45, 2.75) is 25.4 Å². The standard InChI is InChI=1S/C13H18BrNO4/c1-2-13(6-16,7-17)15-5-9-3-11-12(4-10(9)14)19-8-18-11/h3-4,15-17H,2,5-8H2,1H3. The molecule has 0 saturated heterocycles. The molecule has 0 saturated carbocycles. The minimum absolute atomic E-state index is 0.109. The quantitative estimate of drug-likeness (QED) is 0.735. The summed E-state index contributed by atoms with van der Waals surface area (Å²) < 4.78 is 11.5. The van der Waals surface area contributed by atoms with Gasteiger partial charge in [0.05, 0.1) is 18.8 Å². The Balaban J connectivity index is 2.11. The Bertz CT molecular complexity index is 440. The maximum absolute atomic E-state index is 9.40. The van der Waals surface area contributed by atoms with E-state index >= 15 is 0 Å². The fraction of sp³-hybridized carbons (Fsp3) is 0.538. The normalized spacial score (nSPS) is 13.9. The Kier molecular flexibility index (Phi) is 4.67. The second-order valence-electron chi connectivity index (χ2n) is 4.60. The predicted molar refractivity (Wildman–Crippen MR) is 74.3 cm³/mol. The summed E-state index contributed by atoms with van der Waals surface area (Å²) in [6.45, 7) is 2.47. The van der Waals surface area contributed by atoms with Gasteiger partial charge in [0.1, 0.15) is 0 Å². The highest BCUT2D eigenvalue weighted by Crippen LogP contribution is 2.37. The summed E-state index contributed by atoms with van der Waals surface area (Å²) in [4.78, 5) is 0. The van der Waals surface area contributed by atoms with Gasteiger partial charge in [-0.25, -0.2) is 0 Å². The molecule has 0 spiro atoms. The molecule has 1 aliphatic heterocycles. The van der Waals surface area contributed by atoms with Crippen LogP contribution in [-0.2, 0) is 6.54 Å². The minimum atomic E-state index is -0.657. The number of benzene rings is 1. The van der Waals surface area contributed by atoms with E-state index in [1.54, 1.807) is 0 Å². The zero-order valence-corrected chi connectivity index (χ0v) is 12.4. The summed E-state index contributed by atoms with van der Waals surface area (Å²) in [5.41, 5.74) is 0.333. The van der Waals surface area contributed by atoms with Crippen LogP contribution in [-0.4, -0.2) is 35.8 Å². The Labute approximate surface area is 120 Å². The first-order valence-electron chi connectivity index (χ1n) is 6.19. The molecule has 1 aromatic carbocycles. The van der Waals surface area contributed by atoms with E-state index in [1.165, 1.54) is 0 Å². The molecule has 2 rings (SSSR count). The van der Waals surface area contributed by atoms with Crippen LogP contribution < -0.4 is 14.8 Å². The number of fused-ring (bicyclic) bond motifs is 1. The molecule has 0 radical (unpaired) electrons. The van der Waals surface area contributed by atoms with Crippen LogP contribution in [0.3, 0.4) is 0 Å². The smallest absolute Gasteiger partial charge is 0.231 e. The highest BCUT2D eigenvalue weighted by atomic mass is 79.9. The third-order valence-corrected chi connectivity index (χ3v) is 4.22. The van der Waals surface area contributed by atoms with Gasteiger partial charge >= 0.3 is 0 Å². The van der Waals surface area contributed by atoms with Crippen molar-refractivity contribution in [2.24, 2.45) is 0 Å². The lowest BCUT2D eigenvalue weighted by molar-refractivity contribution is 0.0863. The summed E-state index contributed by atoms with van der Waals surface area (Å²) in [7, 11) is 0. The lowest BCUT2D eigenvalue weighted by atomic mass is 9.98. The van der Waals surface area contributed by atoms with Gasteiger partial charge in [-0.05, 0) is 24.1 Å². The van der Waals surface area contributed by atoms with Crippen LogP contribution in [0.15, 0.2) is 16.6 Å². The molecule has 0 atom stereocenters. The van der Waals surface area contributed by atoms with Crippen LogP contribution in [0.2, 0.25) is 0 Å². The van der Waals surface area contributed by atoms with Gasteiger partial charge in [0.2, 0.25) is 6.79 Å². The topological polar surface area (TPSA) is 71.0 Å². The van der Waals surface area contributed by atoms with Crippen molar-refractivity contribution in [3.8, 4) is 11.5 Å². The number of ether oxygens (including phenoxy) is 2. The van der Waals surface area contributed by atoms with Gasteiger partial charge in [0.25, 0.3) is 0 Å². The fourth-order valence-corrected chi connectivity index (χ4v) is 2.35. The molecule has 0 aromatic heterocycles. The van der Waals surface area contributed by atoms with Crippen LogP contribution in [0.5, 0.6) is 11.5 Å². The van der Waals surface area contributed by atoms with Crippen LogP contribution in [0, 0.1) is 0 Å². The van der Waals surface area contributed by atoms with E-state index in [2.05, 4.69) is 21.2 Å². The van der Waals surface area contributed by atoms with Crippen molar-refractivity contribution >= 4 is 15.9 Å². The molecule has 19 heavy (non-hydrogen) atoms. The summed E-state index contributed by atoms with van der Waals surface area (Å²) in [6, 6.07) is 3.76. The number of aliphatic hydroxyl groups excluding tert-OH is 2. The monoisotopic (exact) mass is 331 g/mol. The Hall–Kier alpha value is -0.820. The van der Waals surface area contributed by atoms with Gasteiger partial charge in [-0.15, -0.1) is 0 Å². The summed E-state index contributed by atoms with van der Waals surface area (Å²) >= 11 is 3.48. The molecule has 0 unspecified atom stereocenters. The number of rotatable bonds is 6. The largest absolute Gasteiger partial charge is 0.454 e. The van der Waals surface area contributed by atoms with Crippen molar-refractivity contribution in [1.29, 1.82) is 0 Å². The average Bonchev–Trinajstić information content (AvgIpc) is 2.88. The molecule has 0 amide bonds. The molecular formula is C13H18BrNO4. The minimum Gasteiger partial charge on any atom is -0.454 e. The first-order valence-corrected chi connectivity index (χ1v) is 6.98. The van der Waals surface area contributed by atoms with Crippen molar-refractivity contribution in [1.82, 2.24) is 5.32 Å². The van der Waals surface area contributed by atoms with Crippen molar-refractivity contribution in [3.63, 3.8) is 0 Å². The van der Waals surface area contributed by atoms with E-state index in [4.69, 9.17) is 9.47 Å². The van der Waals surface area contributed by atoms with Crippen LogP contribution in [0.25, 0.3) is 0 Å². The third kappa shape index (κ3) is 3.02. The van der Waals surface area contributed by atoms with Crippen molar-refractivity contribution in [2.75, 3.05) is 20.0 Å². The lowest BCUT2D eigenvalue weighted by Gasteiger charge is -2.30. The number of halogens is 1. The highest BCUT2D eigenvalue weighted by Gasteiger charge is 2.26. The van der Waals surface area contributed by atoms with Gasteiger partial charge in [-0.3, -0.25) is 0 Å². The number of hydrogen-bond acceptors (Lipinski definition) is 5. The van der Waals surface area contributed by atoms with Crippen molar-refractivity contribution < 1.29 is 19.7 Å². The van der Waals surface area contributed by atoms with E-state index in [-0.39, 0.29) is 20.0 Å². The molecule has 1 aliphatic rings. The zero-order valence-electron chi connectivity index (χ0n) is 10.8. The second kappa shape index (κ2) is 6.09. The summed E-state index contributed by atoms with van der Waals surface area (Å²) in [5, 5.41) is 22.0. The fourth-order valence-electron chi connectivity index (χ4n) is 1.89. The van der Waals surface area contributed by atoms with E-state index in [0.717, 1.165) is 21.5 Å². The first kappa shape index (κ1) is 14.6. The van der Waals surface area contributed by atoms with E-state index < -0.39 is 5.54 Å². The van der Waals surface area contributed by atoms with Crippen LogP contribution in [0.4, 0.5) is 0 Å². The highest BCUT2D eigenvalue weighted by molar-refractivity contribution is 9.10. The maximum Gasteiger partial charge on any atom is 0.231 e. The molecule has 6 heteroatoms. The van der Waals surface area contributed by atoms with Gasteiger partial charge in [-0.2, -0.15) is 0 Å². The zero-order chi connectivity index (χ0) is 13.9. The van der Waals surface area contributed by atoms with Crippen LogP contribution in [0.1, 0.15) is 18.9 Å². The molecule has 1 aromatic rings. The van der Waals surface area contributed by atoms with E-state index in [1.807, 2.05) is 19.1 Å². The number of hydrogen-bond donors (Lipinski definition) is 3. The maximum atomic E-state index is 9.40. The molecule has 5 nitrogen and oxygen atoms in total. The van der Waals surface area contributed by atoms with Crippen molar-refractivity contribution in [3.05, 3.63) is 22.2 Å². The third-order valence-electron chi connectivity index (χ3n) is 3.48. The lowest BCUT2D eigenvalue weighted by Crippen LogP contribution is -2.50. The van der Waals surface area contributed by atoms with Gasteiger partial charge < -0.3 is 25.0 Å². The molecule has 106 valence electrons. The Morgan fingerprint density at radius 1 is 1.26 bits per heavy atom. The van der Waals surface area contributed by atoms with E-state index in [0.29, 0.717) is 13.0 Å². The molecule has 0 bridgehead atoms. The summed E-state index contributed by atoms with van der Waals surface area (Å²) in [5.74, 6) is 1.44. The molecule has 0 fully saturated rings. The SMILES string of the molecule is CCC(CO)(CO)NCc1cc2c(cc1Br)OCO2. The first-order chi connectivity index (χ1) is 9.14. The van der Waals surface area contributed by atoms with E-state index in [9.17, 15) is 10.2 Å². The second-order valence-corrected chi connectivity index (χ2v) is 5.45. The van der Waals surface area contributed by atoms with Crippen LogP contribution >= 0.6 is 15.9 Å². The number of nitrogens with one attached hydrogen (secondary N) is 1. The Morgan fingerprint density at radius 2 is 1.89 bits per heavy atom. The summed E-state index contributed by atoms with van der Waals surface area (Å²) in [6.07, 6.45) is 0.641. The van der Waals surface area contributed by atoms with Gasteiger partial charge in [0, 0.05) is 11.0 Å². The molecule has 3 N–H and O–H groups in total. The molecule has 1 heterocycles. The Morgan fingerprint density at radius 3 is 2.47 bits per heavy atom. The number of aliphatic hydroxyl groups is 2. The van der Waals surface area contributed by atoms with Gasteiger partial charge in [-0.1, -0.05) is 22.9 Å². The average molecular weight is 332 g/mol. The molecule has 0 aliphatic carbocycles. The van der Waals surface area contributed by atoms with Gasteiger partial charge in [0.15, 0.2) is 11.5 Å².